The molecule has 1 fully saturated rings. The standard InChI is InChI=1S/C27H41N3O6/c1-36-27(35)10-8-6-4-2-3-5-7-9-15-29-16-18-30(19-17-29)26(34)21-28-25(33)14-12-22-11-13-23(31)24(32)20-22/h11-14,20,31-32H,2-10,15-19,21H2,1H3,(H,28,33)/b14-12+. The Morgan fingerprint density at radius 1 is 0.917 bits per heavy atom. The Morgan fingerprint density at radius 2 is 1.56 bits per heavy atom. The van der Waals surface area contributed by atoms with Gasteiger partial charge in [-0.2, -0.15) is 0 Å². The number of rotatable bonds is 15. The number of esters is 1. The summed E-state index contributed by atoms with van der Waals surface area (Å²) in [5, 5.41) is 21.4. The first-order valence-corrected chi connectivity index (χ1v) is 12.9. The van der Waals surface area contributed by atoms with E-state index in [-0.39, 0.29) is 29.9 Å². The van der Waals surface area contributed by atoms with Crippen molar-refractivity contribution in [2.75, 3.05) is 46.4 Å². The minimum Gasteiger partial charge on any atom is -0.504 e. The number of piperazine rings is 1. The van der Waals surface area contributed by atoms with Gasteiger partial charge in [-0.05, 0) is 43.2 Å². The summed E-state index contributed by atoms with van der Waals surface area (Å²) in [6.45, 7) is 4.04. The van der Waals surface area contributed by atoms with Crippen molar-refractivity contribution in [3.05, 3.63) is 29.8 Å². The van der Waals surface area contributed by atoms with Crippen molar-refractivity contribution in [1.29, 1.82) is 0 Å². The first kappa shape index (κ1) is 29.2. The second kappa shape index (κ2) is 16.6. The van der Waals surface area contributed by atoms with Crippen molar-refractivity contribution >= 4 is 23.9 Å². The predicted octanol–water partition coefficient (Wildman–Crippen LogP) is 3.06. The van der Waals surface area contributed by atoms with Crippen molar-refractivity contribution in [2.24, 2.45) is 0 Å². The van der Waals surface area contributed by atoms with Gasteiger partial charge in [-0.3, -0.25) is 19.3 Å². The first-order chi connectivity index (χ1) is 17.4. The maximum atomic E-state index is 12.4. The molecule has 200 valence electrons. The number of phenols is 2. The van der Waals surface area contributed by atoms with Crippen LogP contribution in [0.15, 0.2) is 24.3 Å². The van der Waals surface area contributed by atoms with Crippen LogP contribution >= 0.6 is 0 Å². The number of nitrogens with one attached hydrogen (secondary N) is 1. The van der Waals surface area contributed by atoms with Crippen molar-refractivity contribution in [3.8, 4) is 11.5 Å². The molecule has 3 N–H and O–H groups in total. The second-order valence-corrected chi connectivity index (χ2v) is 9.18. The van der Waals surface area contributed by atoms with Gasteiger partial charge in [0, 0.05) is 38.7 Å². The molecule has 0 aromatic heterocycles. The molecule has 1 aromatic rings. The van der Waals surface area contributed by atoms with E-state index in [9.17, 15) is 24.6 Å². The Kier molecular flexibility index (Phi) is 13.4. The van der Waals surface area contributed by atoms with Gasteiger partial charge in [0.25, 0.3) is 0 Å². The summed E-state index contributed by atoms with van der Waals surface area (Å²) in [6, 6.07) is 4.26. The van der Waals surface area contributed by atoms with Gasteiger partial charge in [0.05, 0.1) is 13.7 Å². The van der Waals surface area contributed by atoms with Gasteiger partial charge in [0.2, 0.25) is 11.8 Å². The summed E-state index contributed by atoms with van der Waals surface area (Å²) in [7, 11) is 1.43. The number of unbranched alkanes of at least 4 members (excludes halogenated alkanes) is 7. The van der Waals surface area contributed by atoms with Gasteiger partial charge in [-0.25, -0.2) is 0 Å². The van der Waals surface area contributed by atoms with E-state index in [1.165, 1.54) is 63.5 Å². The number of carbonyl (C=O) groups excluding carboxylic acids is 3. The Morgan fingerprint density at radius 3 is 2.19 bits per heavy atom. The summed E-state index contributed by atoms with van der Waals surface area (Å²) < 4.78 is 4.64. The number of amides is 2. The van der Waals surface area contributed by atoms with Gasteiger partial charge in [-0.15, -0.1) is 0 Å². The fourth-order valence-corrected chi connectivity index (χ4v) is 4.14. The third-order valence-corrected chi connectivity index (χ3v) is 6.40. The number of hydrogen-bond donors (Lipinski definition) is 3. The Bertz CT molecular complexity index is 865. The molecule has 1 saturated heterocycles. The quantitative estimate of drug-likeness (QED) is 0.146. The summed E-state index contributed by atoms with van der Waals surface area (Å²) in [6.07, 6.45) is 12.6. The van der Waals surface area contributed by atoms with Gasteiger partial charge >= 0.3 is 5.97 Å². The van der Waals surface area contributed by atoms with E-state index >= 15 is 0 Å². The zero-order valence-corrected chi connectivity index (χ0v) is 21.4. The monoisotopic (exact) mass is 503 g/mol. The van der Waals surface area contributed by atoms with Crippen molar-refractivity contribution in [2.45, 2.75) is 57.8 Å². The molecule has 9 nitrogen and oxygen atoms in total. The second-order valence-electron chi connectivity index (χ2n) is 9.18. The number of aromatic hydroxyl groups is 2. The zero-order chi connectivity index (χ0) is 26.2. The van der Waals surface area contributed by atoms with Gasteiger partial charge in [0.1, 0.15) is 0 Å². The van der Waals surface area contributed by atoms with Crippen molar-refractivity contribution in [1.82, 2.24) is 15.1 Å². The topological polar surface area (TPSA) is 119 Å². The van der Waals surface area contributed by atoms with Crippen LogP contribution in [0.2, 0.25) is 0 Å². The molecule has 0 unspecified atom stereocenters. The van der Waals surface area contributed by atoms with E-state index in [0.717, 1.165) is 38.9 Å². The van der Waals surface area contributed by atoms with Crippen LogP contribution in [0.4, 0.5) is 0 Å². The molecular weight excluding hydrogens is 462 g/mol. The van der Waals surface area contributed by atoms with Crippen LogP contribution in [0, 0.1) is 0 Å². The van der Waals surface area contributed by atoms with Crippen LogP contribution in [0.5, 0.6) is 11.5 Å². The lowest BCUT2D eigenvalue weighted by Gasteiger charge is -2.34. The Labute approximate surface area is 214 Å². The van der Waals surface area contributed by atoms with E-state index < -0.39 is 5.91 Å². The summed E-state index contributed by atoms with van der Waals surface area (Å²) >= 11 is 0. The van der Waals surface area contributed by atoms with E-state index in [0.29, 0.717) is 25.1 Å². The smallest absolute Gasteiger partial charge is 0.305 e. The molecule has 9 heteroatoms. The van der Waals surface area contributed by atoms with E-state index in [2.05, 4.69) is 15.0 Å². The van der Waals surface area contributed by atoms with E-state index in [4.69, 9.17) is 0 Å². The number of benzene rings is 1. The summed E-state index contributed by atoms with van der Waals surface area (Å²) in [5.74, 6) is -1.08. The fraction of sp³-hybridized carbons (Fsp3) is 0.593. The molecule has 1 aliphatic heterocycles. The highest BCUT2D eigenvalue weighted by molar-refractivity contribution is 5.94. The van der Waals surface area contributed by atoms with Crippen LogP contribution in [0.3, 0.4) is 0 Å². The molecule has 2 amide bonds. The Hall–Kier alpha value is -3.07. The molecular formula is C27H41N3O6. The average Bonchev–Trinajstić information content (AvgIpc) is 2.89. The minimum atomic E-state index is -0.393. The van der Waals surface area contributed by atoms with Crippen LogP contribution in [-0.4, -0.2) is 84.2 Å². The van der Waals surface area contributed by atoms with Crippen LogP contribution in [0.25, 0.3) is 6.08 Å². The lowest BCUT2D eigenvalue weighted by molar-refractivity contribution is -0.140. The molecule has 1 aliphatic rings. The maximum Gasteiger partial charge on any atom is 0.305 e. The first-order valence-electron chi connectivity index (χ1n) is 12.9. The number of methoxy groups -OCH3 is 1. The van der Waals surface area contributed by atoms with E-state index in [1.807, 2.05) is 0 Å². The largest absolute Gasteiger partial charge is 0.504 e. The number of phenolic OH excluding ortho intramolecular Hbond substituents is 2. The number of hydrogen-bond acceptors (Lipinski definition) is 7. The number of ether oxygens (including phenoxy) is 1. The van der Waals surface area contributed by atoms with Crippen molar-refractivity contribution in [3.63, 3.8) is 0 Å². The van der Waals surface area contributed by atoms with Crippen molar-refractivity contribution < 1.29 is 29.3 Å². The van der Waals surface area contributed by atoms with Gasteiger partial charge in [-0.1, -0.05) is 44.6 Å². The summed E-state index contributed by atoms with van der Waals surface area (Å²) in [5.41, 5.74) is 0.565. The van der Waals surface area contributed by atoms with Gasteiger partial charge in [0.15, 0.2) is 11.5 Å². The predicted molar refractivity (Wildman–Crippen MR) is 138 cm³/mol. The number of carbonyl (C=O) groups is 3. The molecule has 2 rings (SSSR count). The normalized spacial score (nSPS) is 14.2. The van der Waals surface area contributed by atoms with Crippen LogP contribution in [-0.2, 0) is 19.1 Å². The van der Waals surface area contributed by atoms with Crippen LogP contribution in [0.1, 0.15) is 63.4 Å². The molecule has 36 heavy (non-hydrogen) atoms. The minimum absolute atomic E-state index is 0.0489. The maximum absolute atomic E-state index is 12.4. The summed E-state index contributed by atoms with van der Waals surface area (Å²) in [4.78, 5) is 39.7. The third-order valence-electron chi connectivity index (χ3n) is 6.40. The fourth-order valence-electron chi connectivity index (χ4n) is 4.14. The number of nitrogens with zero attached hydrogens (tertiary/aromatic N) is 2. The molecule has 0 spiro atoms. The SMILES string of the molecule is COC(=O)CCCCCCCCCCN1CCN(C(=O)CNC(=O)/C=C/c2ccc(O)c(O)c2)CC1. The zero-order valence-electron chi connectivity index (χ0n) is 21.4. The molecule has 0 atom stereocenters. The highest BCUT2D eigenvalue weighted by Gasteiger charge is 2.20. The van der Waals surface area contributed by atoms with Gasteiger partial charge < -0.3 is 25.2 Å². The highest BCUT2D eigenvalue weighted by atomic mass is 16.5. The molecule has 0 radical (unpaired) electrons. The molecule has 1 heterocycles. The lowest BCUT2D eigenvalue weighted by atomic mass is 10.1. The molecule has 0 bridgehead atoms. The van der Waals surface area contributed by atoms with Crippen LogP contribution < -0.4 is 5.32 Å². The molecule has 0 saturated carbocycles. The highest BCUT2D eigenvalue weighted by Crippen LogP contribution is 2.25. The Balaban J connectivity index is 1.49. The molecule has 1 aromatic carbocycles. The van der Waals surface area contributed by atoms with E-state index in [1.54, 1.807) is 11.0 Å². The third kappa shape index (κ3) is 11.6. The average molecular weight is 504 g/mol. The lowest BCUT2D eigenvalue weighted by Crippen LogP contribution is -2.51. The molecule has 0 aliphatic carbocycles.